The van der Waals surface area contributed by atoms with Crippen LogP contribution in [0, 0.1) is 18.3 Å². The lowest BCUT2D eigenvalue weighted by molar-refractivity contribution is 0.0977. The van der Waals surface area contributed by atoms with Gasteiger partial charge in [0.15, 0.2) is 17.4 Å². The number of azo groups is 1. The molecule has 11 heteroatoms. The second-order valence-electron chi connectivity index (χ2n) is 8.29. The fraction of sp³-hybridized carbons (Fsp3) is 0.0370. The van der Waals surface area contributed by atoms with Crippen molar-refractivity contribution >= 4 is 63.5 Å². The summed E-state index contributed by atoms with van der Waals surface area (Å²) in [5, 5.41) is 31.4. The summed E-state index contributed by atoms with van der Waals surface area (Å²) >= 11 is 12.8. The molecule has 38 heavy (non-hydrogen) atoms. The molecule has 0 saturated carbocycles. The molecule has 3 aromatic carbocycles. The van der Waals surface area contributed by atoms with Crippen LogP contribution in [0.5, 0.6) is 5.75 Å². The zero-order valence-corrected chi connectivity index (χ0v) is 21.1. The zero-order chi connectivity index (χ0) is 27.1. The van der Waals surface area contributed by atoms with Crippen LogP contribution in [-0.2, 0) is 0 Å². The standard InChI is InChI=1S/C27H16Cl2N6O3/c1-12-15(11-30)26(31)33-27(32-13-6-3-2-4-7-13)22(12)34-35-23-17(29)10-16(28)20-21(23)24(37)14-8-5-9-18(36)19(14)25(20)38/h2-10,36H,1H3,(H3,31,32,33). The van der Waals surface area contributed by atoms with E-state index in [1.54, 1.807) is 19.1 Å². The Balaban J connectivity index is 1.70. The third-order valence-electron chi connectivity index (χ3n) is 6.01. The number of fused-ring (bicyclic) bond motifs is 2. The van der Waals surface area contributed by atoms with Crippen LogP contribution in [0.4, 0.5) is 28.7 Å². The van der Waals surface area contributed by atoms with E-state index in [0.29, 0.717) is 11.3 Å². The van der Waals surface area contributed by atoms with E-state index in [0.717, 1.165) is 0 Å². The number of carbonyl (C=O) groups is 2. The molecule has 1 aliphatic carbocycles. The SMILES string of the molecule is Cc1c(C#N)c(N)nc(Nc2ccccc2)c1N=Nc1c(Cl)cc(Cl)c2c1C(=O)c1cccc(O)c1C2=O. The van der Waals surface area contributed by atoms with Crippen LogP contribution in [0.1, 0.15) is 43.0 Å². The van der Waals surface area contributed by atoms with Crippen LogP contribution in [0.3, 0.4) is 0 Å². The molecule has 0 saturated heterocycles. The number of nitrogens with one attached hydrogen (secondary N) is 1. The van der Waals surface area contributed by atoms with Crippen LogP contribution < -0.4 is 11.1 Å². The first kappa shape index (κ1) is 24.9. The third kappa shape index (κ3) is 4.02. The van der Waals surface area contributed by atoms with Crippen LogP contribution in [0.15, 0.2) is 64.8 Å². The molecule has 0 radical (unpaired) electrons. The summed E-state index contributed by atoms with van der Waals surface area (Å²) in [6, 6.07) is 16.6. The van der Waals surface area contributed by atoms with Crippen molar-refractivity contribution < 1.29 is 14.7 Å². The molecule has 0 aliphatic heterocycles. The van der Waals surface area contributed by atoms with Crippen LogP contribution >= 0.6 is 23.2 Å². The average molecular weight is 543 g/mol. The summed E-state index contributed by atoms with van der Waals surface area (Å²) in [7, 11) is 0. The van der Waals surface area contributed by atoms with Crippen molar-refractivity contribution in [2.24, 2.45) is 10.2 Å². The number of nitrogens with zero attached hydrogens (tertiary/aromatic N) is 4. The lowest BCUT2D eigenvalue weighted by Gasteiger charge is -2.21. The summed E-state index contributed by atoms with van der Waals surface area (Å²) in [4.78, 5) is 31.1. The number of ketones is 2. The van der Waals surface area contributed by atoms with Crippen LogP contribution in [0.2, 0.25) is 10.0 Å². The Morgan fingerprint density at radius 2 is 1.66 bits per heavy atom. The van der Waals surface area contributed by atoms with Crippen molar-refractivity contribution in [1.82, 2.24) is 4.98 Å². The largest absolute Gasteiger partial charge is 0.507 e. The molecule has 5 rings (SSSR count). The Labute approximate surface area is 226 Å². The van der Waals surface area contributed by atoms with Gasteiger partial charge in [-0.05, 0) is 31.2 Å². The number of halogens is 2. The number of nitrogen functional groups attached to an aromatic ring is 1. The average Bonchev–Trinajstić information content (AvgIpc) is 2.88. The number of phenolic OH excluding ortho intramolecular Hbond substituents is 1. The van der Waals surface area contributed by atoms with E-state index < -0.39 is 11.6 Å². The summed E-state index contributed by atoms with van der Waals surface area (Å²) < 4.78 is 0. The van der Waals surface area contributed by atoms with E-state index in [1.165, 1.54) is 24.3 Å². The van der Waals surface area contributed by atoms with Crippen molar-refractivity contribution in [1.29, 1.82) is 5.26 Å². The van der Waals surface area contributed by atoms with Gasteiger partial charge in [0.25, 0.3) is 0 Å². The molecule has 1 aliphatic rings. The maximum atomic E-state index is 13.5. The molecule has 0 bridgehead atoms. The Morgan fingerprint density at radius 3 is 2.37 bits per heavy atom. The predicted molar refractivity (Wildman–Crippen MR) is 143 cm³/mol. The first-order valence-corrected chi connectivity index (χ1v) is 11.9. The number of benzene rings is 3. The number of carbonyl (C=O) groups excluding carboxylic acids is 2. The normalized spacial score (nSPS) is 12.3. The van der Waals surface area contributed by atoms with Crippen molar-refractivity contribution in [3.05, 3.63) is 98.0 Å². The Morgan fingerprint density at radius 1 is 0.947 bits per heavy atom. The molecule has 4 aromatic rings. The molecule has 0 unspecified atom stereocenters. The number of aromatic hydroxyl groups is 1. The minimum absolute atomic E-state index is 0.00137. The maximum Gasteiger partial charge on any atom is 0.199 e. The second kappa shape index (κ2) is 9.59. The number of phenols is 1. The van der Waals surface area contributed by atoms with E-state index in [2.05, 4.69) is 20.5 Å². The molecule has 0 atom stereocenters. The highest BCUT2D eigenvalue weighted by Crippen LogP contribution is 2.44. The van der Waals surface area contributed by atoms with Crippen molar-refractivity contribution in [2.75, 3.05) is 11.1 Å². The molecule has 1 aromatic heterocycles. The number of anilines is 3. The highest BCUT2D eigenvalue weighted by atomic mass is 35.5. The van der Waals surface area contributed by atoms with Gasteiger partial charge in [-0.25, -0.2) is 4.98 Å². The van der Waals surface area contributed by atoms with Gasteiger partial charge in [-0.1, -0.05) is 53.5 Å². The van der Waals surface area contributed by atoms with E-state index in [4.69, 9.17) is 28.9 Å². The number of para-hydroxylation sites is 1. The summed E-state index contributed by atoms with van der Waals surface area (Å²) in [5.74, 6) is -1.37. The van der Waals surface area contributed by atoms with Gasteiger partial charge in [-0.3, -0.25) is 9.59 Å². The Bertz CT molecular complexity index is 1750. The molecule has 9 nitrogen and oxygen atoms in total. The predicted octanol–water partition coefficient (Wildman–Crippen LogP) is 6.79. The minimum atomic E-state index is -0.644. The number of aromatic nitrogens is 1. The van der Waals surface area contributed by atoms with Gasteiger partial charge in [-0.15, -0.1) is 10.2 Å². The minimum Gasteiger partial charge on any atom is -0.507 e. The monoisotopic (exact) mass is 542 g/mol. The van der Waals surface area contributed by atoms with Crippen LogP contribution in [0.25, 0.3) is 0 Å². The summed E-state index contributed by atoms with van der Waals surface area (Å²) in [6.07, 6.45) is 0. The molecule has 0 amide bonds. The first-order chi connectivity index (χ1) is 18.2. The van der Waals surface area contributed by atoms with Gasteiger partial charge in [0.2, 0.25) is 0 Å². The van der Waals surface area contributed by atoms with E-state index in [9.17, 15) is 20.0 Å². The Kier molecular flexibility index (Phi) is 6.28. The maximum absolute atomic E-state index is 13.5. The number of nitriles is 1. The number of pyridine rings is 1. The highest BCUT2D eigenvalue weighted by Gasteiger charge is 2.37. The number of hydrogen-bond acceptors (Lipinski definition) is 9. The van der Waals surface area contributed by atoms with Crippen molar-refractivity contribution in [2.45, 2.75) is 6.92 Å². The van der Waals surface area contributed by atoms with E-state index in [-0.39, 0.29) is 66.6 Å². The van der Waals surface area contributed by atoms with E-state index >= 15 is 0 Å². The number of rotatable bonds is 4. The van der Waals surface area contributed by atoms with Gasteiger partial charge in [-0.2, -0.15) is 5.26 Å². The molecule has 0 fully saturated rings. The molecule has 186 valence electrons. The fourth-order valence-electron chi connectivity index (χ4n) is 4.20. The van der Waals surface area contributed by atoms with Gasteiger partial charge in [0.05, 0.1) is 32.3 Å². The first-order valence-electron chi connectivity index (χ1n) is 11.1. The van der Waals surface area contributed by atoms with Gasteiger partial charge < -0.3 is 16.2 Å². The molecule has 0 spiro atoms. The molecule has 4 N–H and O–H groups in total. The van der Waals surface area contributed by atoms with Gasteiger partial charge in [0.1, 0.15) is 29.0 Å². The van der Waals surface area contributed by atoms with Crippen molar-refractivity contribution in [3.63, 3.8) is 0 Å². The Hall–Kier alpha value is -4.78. The second-order valence-corrected chi connectivity index (χ2v) is 9.11. The summed E-state index contributed by atoms with van der Waals surface area (Å²) in [6.45, 7) is 1.63. The van der Waals surface area contributed by atoms with Gasteiger partial charge >= 0.3 is 0 Å². The topological polar surface area (TPSA) is 154 Å². The van der Waals surface area contributed by atoms with Crippen molar-refractivity contribution in [3.8, 4) is 11.8 Å². The molecular formula is C27H16Cl2N6O3. The van der Waals surface area contributed by atoms with Gasteiger partial charge in [0, 0.05) is 16.8 Å². The zero-order valence-electron chi connectivity index (χ0n) is 19.6. The highest BCUT2D eigenvalue weighted by molar-refractivity contribution is 6.43. The number of nitrogens with two attached hydrogens (primary N) is 1. The van der Waals surface area contributed by atoms with Crippen LogP contribution in [-0.4, -0.2) is 21.7 Å². The quantitative estimate of drug-likeness (QED) is 0.211. The lowest BCUT2D eigenvalue weighted by Crippen LogP contribution is -2.21. The third-order valence-corrected chi connectivity index (χ3v) is 6.60. The lowest BCUT2D eigenvalue weighted by atomic mass is 9.82. The fourth-order valence-corrected chi connectivity index (χ4v) is 4.79. The summed E-state index contributed by atoms with van der Waals surface area (Å²) in [5.41, 5.74) is 6.80. The van der Waals surface area contributed by atoms with E-state index in [1.807, 2.05) is 24.3 Å². The number of hydrogen-bond donors (Lipinski definition) is 3. The molecule has 1 heterocycles. The smallest absolute Gasteiger partial charge is 0.199 e. The molecular weight excluding hydrogens is 527 g/mol.